The first-order valence-corrected chi connectivity index (χ1v) is 9.38. The number of hydrogen-bond donors (Lipinski definition) is 3. The monoisotopic (exact) mass is 398 g/mol. The average molecular weight is 398 g/mol. The lowest BCUT2D eigenvalue weighted by molar-refractivity contribution is -0.150. The van der Waals surface area contributed by atoms with Crippen LogP contribution < -0.4 is 11.1 Å². The van der Waals surface area contributed by atoms with Gasteiger partial charge >= 0.3 is 5.97 Å². The molecule has 0 aliphatic carbocycles. The Balaban J connectivity index is 1.73. The predicted octanol–water partition coefficient (Wildman–Crippen LogP) is -0.359. The van der Waals surface area contributed by atoms with Crippen molar-refractivity contribution >= 4 is 51.8 Å². The quantitative estimate of drug-likeness (QED) is 0.331. The van der Waals surface area contributed by atoms with Crippen molar-refractivity contribution in [3.05, 3.63) is 22.5 Å². The number of carbonyl (C=O) groups is 4. The Morgan fingerprint density at radius 3 is 2.81 bits per heavy atom. The zero-order valence-electron chi connectivity index (χ0n) is 13.4. The molecule has 26 heavy (non-hydrogen) atoms. The SMILES string of the molecule is CCOC1=C(C(=O)O)N2C(=O)C(NC(=O)C(=O)c3csc(N)n3)[C@@H]2SC1. The first kappa shape index (κ1) is 18.2. The average Bonchev–Trinajstić information content (AvgIpc) is 3.04. The van der Waals surface area contributed by atoms with Crippen molar-refractivity contribution in [3.63, 3.8) is 0 Å². The van der Waals surface area contributed by atoms with Crippen molar-refractivity contribution in [1.82, 2.24) is 15.2 Å². The Labute approximate surface area is 155 Å². The zero-order valence-corrected chi connectivity index (χ0v) is 15.1. The number of nitrogens with one attached hydrogen (secondary N) is 1. The molecule has 1 unspecified atom stereocenters. The van der Waals surface area contributed by atoms with Gasteiger partial charge in [-0.2, -0.15) is 0 Å². The zero-order chi connectivity index (χ0) is 19.0. The van der Waals surface area contributed by atoms with E-state index in [0.29, 0.717) is 0 Å². The molecule has 1 aromatic rings. The number of β-lactam (4-membered cyclic amide) rings is 1. The molecule has 0 radical (unpaired) electrons. The van der Waals surface area contributed by atoms with Gasteiger partial charge in [-0.15, -0.1) is 23.1 Å². The summed E-state index contributed by atoms with van der Waals surface area (Å²) in [4.78, 5) is 52.8. The van der Waals surface area contributed by atoms with Crippen LogP contribution in [0, 0.1) is 0 Å². The summed E-state index contributed by atoms with van der Waals surface area (Å²) in [5.74, 6) is -3.36. The van der Waals surface area contributed by atoms with E-state index >= 15 is 0 Å². The summed E-state index contributed by atoms with van der Waals surface area (Å²) in [6, 6.07) is -0.995. The van der Waals surface area contributed by atoms with E-state index in [1.165, 1.54) is 17.1 Å². The van der Waals surface area contributed by atoms with Crippen LogP contribution in [0.2, 0.25) is 0 Å². The Kier molecular flexibility index (Phi) is 4.87. The minimum absolute atomic E-state index is 0.102. The number of thiazole rings is 1. The summed E-state index contributed by atoms with van der Waals surface area (Å²) in [6.45, 7) is 1.98. The number of nitrogens with zero attached hydrogens (tertiary/aromatic N) is 2. The first-order valence-electron chi connectivity index (χ1n) is 7.45. The third-order valence-electron chi connectivity index (χ3n) is 3.70. The number of carboxylic acid groups (broad SMARTS) is 1. The lowest BCUT2D eigenvalue weighted by Gasteiger charge is -2.48. The molecule has 2 atom stereocenters. The number of nitrogens with two attached hydrogens (primary N) is 1. The van der Waals surface area contributed by atoms with Crippen molar-refractivity contribution in [3.8, 4) is 0 Å². The molecule has 10 nitrogen and oxygen atoms in total. The standard InChI is InChI=1S/C14H14N4O6S2/c1-2-24-6-4-25-12-7(11(21)18(12)8(6)13(22)23)17-10(20)9(19)5-3-26-14(15)16-5/h3,7,12H,2,4H2,1H3,(H2,15,16)(H,17,20)(H,22,23)/t7?,12-/m0/s1. The minimum atomic E-state index is -1.29. The van der Waals surface area contributed by atoms with Gasteiger partial charge in [0.15, 0.2) is 10.8 Å². The highest BCUT2D eigenvalue weighted by molar-refractivity contribution is 8.00. The van der Waals surface area contributed by atoms with E-state index in [0.717, 1.165) is 16.2 Å². The van der Waals surface area contributed by atoms with Crippen molar-refractivity contribution < 1.29 is 29.0 Å². The second-order valence-corrected chi connectivity index (χ2v) is 7.27. The maximum Gasteiger partial charge on any atom is 0.356 e. The highest BCUT2D eigenvalue weighted by atomic mass is 32.2. The Morgan fingerprint density at radius 1 is 1.50 bits per heavy atom. The lowest BCUT2D eigenvalue weighted by atomic mass is 10.0. The third kappa shape index (κ3) is 3.01. The molecule has 1 aromatic heterocycles. The molecule has 2 amide bonds. The molecule has 1 saturated heterocycles. The van der Waals surface area contributed by atoms with E-state index in [4.69, 9.17) is 10.5 Å². The molecule has 3 rings (SSSR count). The van der Waals surface area contributed by atoms with Crippen LogP contribution in [-0.4, -0.2) is 62.3 Å². The molecule has 12 heteroatoms. The number of anilines is 1. The summed E-state index contributed by atoms with van der Waals surface area (Å²) < 4.78 is 5.30. The van der Waals surface area contributed by atoms with Crippen molar-refractivity contribution in [2.45, 2.75) is 18.3 Å². The number of ether oxygens (including phenoxy) is 1. The number of aliphatic carboxylic acids is 1. The number of rotatable bonds is 6. The van der Waals surface area contributed by atoms with Crippen LogP contribution >= 0.6 is 23.1 Å². The van der Waals surface area contributed by atoms with Gasteiger partial charge in [0.05, 0.1) is 12.4 Å². The summed E-state index contributed by atoms with van der Waals surface area (Å²) >= 11 is 2.26. The fourth-order valence-corrected chi connectivity index (χ4v) is 4.41. The van der Waals surface area contributed by atoms with Crippen LogP contribution in [0.25, 0.3) is 0 Å². The van der Waals surface area contributed by atoms with Crippen LogP contribution in [0.15, 0.2) is 16.8 Å². The summed E-state index contributed by atoms with van der Waals surface area (Å²) in [5, 5.41) is 12.6. The molecule has 3 heterocycles. The summed E-state index contributed by atoms with van der Waals surface area (Å²) in [7, 11) is 0. The van der Waals surface area contributed by atoms with Gasteiger partial charge in [0.2, 0.25) is 0 Å². The lowest BCUT2D eigenvalue weighted by Crippen LogP contribution is -2.71. The smallest absolute Gasteiger partial charge is 0.356 e. The topological polar surface area (TPSA) is 152 Å². The fraction of sp³-hybridized carbons (Fsp3) is 0.357. The third-order valence-corrected chi connectivity index (χ3v) is 5.63. The van der Waals surface area contributed by atoms with E-state index in [-0.39, 0.29) is 34.6 Å². The van der Waals surface area contributed by atoms with Crippen LogP contribution in [-0.2, 0) is 19.1 Å². The number of carbonyl (C=O) groups excluding carboxylic acids is 3. The first-order chi connectivity index (χ1) is 12.3. The predicted molar refractivity (Wildman–Crippen MR) is 92.2 cm³/mol. The molecule has 138 valence electrons. The second kappa shape index (κ2) is 6.96. The Bertz CT molecular complexity index is 835. The maximum absolute atomic E-state index is 12.4. The number of amides is 2. The van der Waals surface area contributed by atoms with Crippen LogP contribution in [0.1, 0.15) is 17.4 Å². The van der Waals surface area contributed by atoms with Gasteiger partial charge in [-0.25, -0.2) is 9.78 Å². The Morgan fingerprint density at radius 2 is 2.23 bits per heavy atom. The number of hydrogen-bond acceptors (Lipinski definition) is 9. The van der Waals surface area contributed by atoms with Gasteiger partial charge in [-0.3, -0.25) is 19.3 Å². The van der Waals surface area contributed by atoms with E-state index in [1.54, 1.807) is 6.92 Å². The molecule has 0 spiro atoms. The van der Waals surface area contributed by atoms with Crippen molar-refractivity contribution in [1.29, 1.82) is 0 Å². The minimum Gasteiger partial charge on any atom is -0.495 e. The highest BCUT2D eigenvalue weighted by Crippen LogP contribution is 2.40. The summed E-state index contributed by atoms with van der Waals surface area (Å²) in [5.41, 5.74) is 5.10. The van der Waals surface area contributed by atoms with Gasteiger partial charge in [0.1, 0.15) is 22.9 Å². The molecule has 0 saturated carbocycles. The van der Waals surface area contributed by atoms with E-state index in [1.807, 2.05) is 0 Å². The van der Waals surface area contributed by atoms with Gasteiger partial charge in [-0.1, -0.05) is 0 Å². The normalized spacial score (nSPS) is 21.7. The molecule has 2 aliphatic heterocycles. The number of thioether (sulfide) groups is 1. The van der Waals surface area contributed by atoms with Crippen LogP contribution in [0.5, 0.6) is 0 Å². The van der Waals surface area contributed by atoms with E-state index in [2.05, 4.69) is 10.3 Å². The Hall–Kier alpha value is -2.60. The van der Waals surface area contributed by atoms with Gasteiger partial charge < -0.3 is 20.9 Å². The summed E-state index contributed by atoms with van der Waals surface area (Å²) in [6.07, 6.45) is 0. The molecule has 4 N–H and O–H groups in total. The molecule has 2 aliphatic rings. The number of aromatic nitrogens is 1. The molecule has 0 bridgehead atoms. The van der Waals surface area contributed by atoms with Gasteiger partial charge in [-0.05, 0) is 6.92 Å². The number of carboxylic acids is 1. The number of fused-ring (bicyclic) bond motifs is 1. The van der Waals surface area contributed by atoms with Gasteiger partial charge in [0, 0.05) is 5.38 Å². The fourth-order valence-electron chi connectivity index (χ4n) is 2.59. The van der Waals surface area contributed by atoms with Gasteiger partial charge in [0.25, 0.3) is 17.6 Å². The van der Waals surface area contributed by atoms with E-state index < -0.39 is 35.0 Å². The van der Waals surface area contributed by atoms with Crippen LogP contribution in [0.4, 0.5) is 5.13 Å². The van der Waals surface area contributed by atoms with Crippen molar-refractivity contribution in [2.24, 2.45) is 0 Å². The number of ketones is 1. The molecular weight excluding hydrogens is 384 g/mol. The molecular formula is C14H14N4O6S2. The number of Topliss-reactive ketones (excluding diaryl/α,β-unsaturated/α-hetero) is 1. The van der Waals surface area contributed by atoms with Crippen molar-refractivity contribution in [2.75, 3.05) is 18.1 Å². The molecule has 0 aromatic carbocycles. The van der Waals surface area contributed by atoms with Crippen LogP contribution in [0.3, 0.4) is 0 Å². The van der Waals surface area contributed by atoms with E-state index in [9.17, 15) is 24.3 Å². The number of nitrogen functional groups attached to an aromatic ring is 1. The second-order valence-electron chi connectivity index (χ2n) is 5.27. The molecule has 1 fully saturated rings. The largest absolute Gasteiger partial charge is 0.495 e. The maximum atomic E-state index is 12.4. The highest BCUT2D eigenvalue weighted by Gasteiger charge is 2.55.